The Morgan fingerprint density at radius 3 is 2.52 bits per heavy atom. The average Bonchev–Trinajstić information content (AvgIpc) is 2.73. The number of urea groups is 1. The normalized spacial score (nSPS) is 10.8. The molecule has 0 aliphatic rings. The van der Waals surface area contributed by atoms with Crippen molar-refractivity contribution in [2.75, 3.05) is 17.1 Å². The van der Waals surface area contributed by atoms with Crippen LogP contribution in [-0.2, 0) is 16.6 Å². The van der Waals surface area contributed by atoms with Gasteiger partial charge in [0.1, 0.15) is 5.75 Å². The molecular formula is C20H20N4O4S. The molecule has 3 N–H and O–H groups in total. The summed E-state index contributed by atoms with van der Waals surface area (Å²) in [5.41, 5.74) is 1.73. The minimum atomic E-state index is -3.77. The van der Waals surface area contributed by atoms with Gasteiger partial charge in [-0.25, -0.2) is 13.2 Å². The molecule has 3 aromatic rings. The van der Waals surface area contributed by atoms with Crippen LogP contribution in [0.5, 0.6) is 5.75 Å². The molecule has 8 nitrogen and oxygen atoms in total. The SMILES string of the molecule is COc1cccc(NS(=O)(=O)c2ccc(NC(=O)NCc3cccnc3)cc2)c1. The molecule has 0 saturated carbocycles. The fraction of sp³-hybridized carbons (Fsp3) is 0.100. The third-order valence-electron chi connectivity index (χ3n) is 3.92. The summed E-state index contributed by atoms with van der Waals surface area (Å²) in [7, 11) is -2.26. The molecule has 29 heavy (non-hydrogen) atoms. The largest absolute Gasteiger partial charge is 0.497 e. The van der Waals surface area contributed by atoms with Crippen LogP contribution in [0.4, 0.5) is 16.2 Å². The first kappa shape index (κ1) is 20.2. The maximum atomic E-state index is 12.5. The van der Waals surface area contributed by atoms with Gasteiger partial charge in [0.05, 0.1) is 17.7 Å². The van der Waals surface area contributed by atoms with E-state index in [1.54, 1.807) is 42.7 Å². The molecule has 150 valence electrons. The first-order chi connectivity index (χ1) is 14.0. The number of ether oxygens (including phenoxy) is 1. The number of benzene rings is 2. The van der Waals surface area contributed by atoms with Crippen molar-refractivity contribution in [1.29, 1.82) is 0 Å². The van der Waals surface area contributed by atoms with E-state index in [4.69, 9.17) is 4.74 Å². The van der Waals surface area contributed by atoms with Crippen molar-refractivity contribution < 1.29 is 17.9 Å². The van der Waals surface area contributed by atoms with Gasteiger partial charge in [-0.2, -0.15) is 0 Å². The van der Waals surface area contributed by atoms with Gasteiger partial charge in [0.2, 0.25) is 0 Å². The van der Waals surface area contributed by atoms with Gasteiger partial charge in [0.15, 0.2) is 0 Å². The summed E-state index contributed by atoms with van der Waals surface area (Å²) < 4.78 is 32.7. The molecule has 0 aliphatic carbocycles. The van der Waals surface area contributed by atoms with Crippen molar-refractivity contribution in [2.45, 2.75) is 11.4 Å². The molecule has 0 bridgehead atoms. The van der Waals surface area contributed by atoms with E-state index in [0.717, 1.165) is 5.56 Å². The van der Waals surface area contributed by atoms with E-state index in [1.165, 1.54) is 31.4 Å². The van der Waals surface area contributed by atoms with Crippen LogP contribution in [0.3, 0.4) is 0 Å². The molecule has 0 unspecified atom stereocenters. The molecule has 1 heterocycles. The number of aromatic nitrogens is 1. The van der Waals surface area contributed by atoms with Gasteiger partial charge in [0.25, 0.3) is 10.0 Å². The van der Waals surface area contributed by atoms with Gasteiger partial charge in [-0.3, -0.25) is 9.71 Å². The summed E-state index contributed by atoms with van der Waals surface area (Å²) in [5, 5.41) is 5.36. The molecule has 9 heteroatoms. The third kappa shape index (κ3) is 5.69. The summed E-state index contributed by atoms with van der Waals surface area (Å²) in [6.45, 7) is 0.330. The van der Waals surface area contributed by atoms with Crippen LogP contribution < -0.4 is 20.1 Å². The molecule has 0 radical (unpaired) electrons. The second-order valence-electron chi connectivity index (χ2n) is 6.03. The number of rotatable bonds is 7. The lowest BCUT2D eigenvalue weighted by Gasteiger charge is -2.11. The summed E-state index contributed by atoms with van der Waals surface area (Å²) >= 11 is 0. The fourth-order valence-electron chi connectivity index (χ4n) is 2.48. The number of nitrogens with one attached hydrogen (secondary N) is 3. The third-order valence-corrected chi connectivity index (χ3v) is 5.32. The highest BCUT2D eigenvalue weighted by Crippen LogP contribution is 2.21. The molecular weight excluding hydrogens is 392 g/mol. The quantitative estimate of drug-likeness (QED) is 0.552. The van der Waals surface area contributed by atoms with Crippen LogP contribution in [0.25, 0.3) is 0 Å². The Kier molecular flexibility index (Phi) is 6.30. The van der Waals surface area contributed by atoms with E-state index in [2.05, 4.69) is 20.3 Å². The number of nitrogens with zero attached hydrogens (tertiary/aromatic N) is 1. The van der Waals surface area contributed by atoms with Crippen molar-refractivity contribution in [3.63, 3.8) is 0 Å². The second kappa shape index (κ2) is 9.07. The van der Waals surface area contributed by atoms with E-state index in [1.807, 2.05) is 6.07 Å². The first-order valence-corrected chi connectivity index (χ1v) is 10.2. The van der Waals surface area contributed by atoms with Gasteiger partial charge in [-0.05, 0) is 48.0 Å². The highest BCUT2D eigenvalue weighted by Gasteiger charge is 2.14. The van der Waals surface area contributed by atoms with E-state index in [-0.39, 0.29) is 4.90 Å². The van der Waals surface area contributed by atoms with Crippen molar-refractivity contribution in [3.05, 3.63) is 78.6 Å². The molecule has 0 atom stereocenters. The fourth-order valence-corrected chi connectivity index (χ4v) is 3.53. The van der Waals surface area contributed by atoms with Gasteiger partial charge < -0.3 is 15.4 Å². The maximum absolute atomic E-state index is 12.5. The lowest BCUT2D eigenvalue weighted by atomic mass is 10.3. The smallest absolute Gasteiger partial charge is 0.319 e. The van der Waals surface area contributed by atoms with Crippen LogP contribution in [-0.4, -0.2) is 26.5 Å². The van der Waals surface area contributed by atoms with Crippen LogP contribution in [0.1, 0.15) is 5.56 Å². The van der Waals surface area contributed by atoms with Gasteiger partial charge >= 0.3 is 6.03 Å². The molecule has 0 saturated heterocycles. The zero-order valence-corrected chi connectivity index (χ0v) is 16.4. The van der Waals surface area contributed by atoms with Gasteiger partial charge in [-0.15, -0.1) is 0 Å². The van der Waals surface area contributed by atoms with E-state index in [9.17, 15) is 13.2 Å². The molecule has 2 aromatic carbocycles. The van der Waals surface area contributed by atoms with Crippen molar-refractivity contribution in [2.24, 2.45) is 0 Å². The predicted octanol–water partition coefficient (Wildman–Crippen LogP) is 3.21. The lowest BCUT2D eigenvalue weighted by Crippen LogP contribution is -2.28. The van der Waals surface area contributed by atoms with Gasteiger partial charge in [-0.1, -0.05) is 12.1 Å². The zero-order valence-electron chi connectivity index (χ0n) is 15.6. The number of anilines is 2. The summed E-state index contributed by atoms with van der Waals surface area (Å²) in [4.78, 5) is 16.0. The minimum Gasteiger partial charge on any atom is -0.497 e. The zero-order chi connectivity index (χ0) is 20.7. The van der Waals surface area contributed by atoms with Crippen LogP contribution in [0.2, 0.25) is 0 Å². The number of pyridine rings is 1. The van der Waals surface area contributed by atoms with Crippen LogP contribution >= 0.6 is 0 Å². The molecule has 1 aromatic heterocycles. The number of hydrogen-bond donors (Lipinski definition) is 3. The van der Waals surface area contributed by atoms with Crippen LogP contribution in [0, 0.1) is 0 Å². The molecule has 3 rings (SSSR count). The Morgan fingerprint density at radius 1 is 1.03 bits per heavy atom. The Morgan fingerprint density at radius 2 is 1.83 bits per heavy atom. The Bertz CT molecular complexity index is 1070. The maximum Gasteiger partial charge on any atom is 0.319 e. The van der Waals surface area contributed by atoms with E-state index >= 15 is 0 Å². The summed E-state index contributed by atoms with van der Waals surface area (Å²) in [6, 6.07) is 15.7. The number of sulfonamides is 1. The number of methoxy groups -OCH3 is 1. The Labute approximate surface area is 169 Å². The minimum absolute atomic E-state index is 0.0710. The standard InChI is InChI=1S/C20H20N4O4S/c1-28-18-6-2-5-17(12-18)24-29(26,27)19-9-7-16(8-10-19)23-20(25)22-14-15-4-3-11-21-13-15/h2-13,24H,14H2,1H3,(H2,22,23,25). The monoisotopic (exact) mass is 412 g/mol. The summed E-state index contributed by atoms with van der Waals surface area (Å²) in [5.74, 6) is 0.544. The topological polar surface area (TPSA) is 109 Å². The number of hydrogen-bond acceptors (Lipinski definition) is 5. The van der Waals surface area contributed by atoms with E-state index in [0.29, 0.717) is 23.7 Å². The molecule has 0 spiro atoms. The first-order valence-electron chi connectivity index (χ1n) is 8.67. The highest BCUT2D eigenvalue weighted by molar-refractivity contribution is 7.92. The lowest BCUT2D eigenvalue weighted by molar-refractivity contribution is 0.251. The highest BCUT2D eigenvalue weighted by atomic mass is 32.2. The average molecular weight is 412 g/mol. The van der Waals surface area contributed by atoms with Crippen molar-refractivity contribution >= 4 is 27.4 Å². The van der Waals surface area contributed by atoms with Crippen molar-refractivity contribution in [3.8, 4) is 5.75 Å². The van der Waals surface area contributed by atoms with E-state index < -0.39 is 16.1 Å². The van der Waals surface area contributed by atoms with Crippen LogP contribution in [0.15, 0.2) is 78.0 Å². The Hall–Kier alpha value is -3.59. The van der Waals surface area contributed by atoms with Gasteiger partial charge in [0, 0.05) is 30.7 Å². The second-order valence-corrected chi connectivity index (χ2v) is 7.71. The number of amides is 2. The molecule has 0 aliphatic heterocycles. The summed E-state index contributed by atoms with van der Waals surface area (Å²) in [6.07, 6.45) is 3.32. The molecule has 2 amide bonds. The predicted molar refractivity (Wildman–Crippen MR) is 110 cm³/mol. The Balaban J connectivity index is 1.60. The number of carbonyl (C=O) groups excluding carboxylic acids is 1. The van der Waals surface area contributed by atoms with Crippen molar-refractivity contribution in [1.82, 2.24) is 10.3 Å². The molecule has 0 fully saturated rings. The number of carbonyl (C=O) groups is 1.